The van der Waals surface area contributed by atoms with E-state index in [9.17, 15) is 9.18 Å². The summed E-state index contributed by atoms with van der Waals surface area (Å²) in [7, 11) is 1.69. The predicted octanol–water partition coefficient (Wildman–Crippen LogP) is 1.13. The standard InChI is InChI=1S/C18H29FN6O/c1-5-21-16(26)18(2,3)12-23-17(20-4)24-13-8-10-25(11-13)15-14(19)7-6-9-22-15/h6-7,9,13H,5,8,10-12H2,1-4H3,(H,21,26)(H2,20,23,24). The summed E-state index contributed by atoms with van der Waals surface area (Å²) < 4.78 is 13.9. The van der Waals surface area contributed by atoms with Crippen molar-refractivity contribution < 1.29 is 9.18 Å². The third kappa shape index (κ3) is 5.06. The van der Waals surface area contributed by atoms with Crippen LogP contribution in [0.2, 0.25) is 0 Å². The normalized spacial score (nSPS) is 18.0. The highest BCUT2D eigenvalue weighted by atomic mass is 19.1. The quantitative estimate of drug-likeness (QED) is 0.521. The number of anilines is 1. The molecule has 0 aromatic carbocycles. The van der Waals surface area contributed by atoms with Crippen molar-refractivity contribution in [2.45, 2.75) is 33.2 Å². The van der Waals surface area contributed by atoms with Crippen molar-refractivity contribution in [2.24, 2.45) is 10.4 Å². The molecular formula is C18H29FN6O. The molecule has 0 spiro atoms. The lowest BCUT2D eigenvalue weighted by atomic mass is 9.92. The van der Waals surface area contributed by atoms with Gasteiger partial charge in [-0.05, 0) is 39.3 Å². The van der Waals surface area contributed by atoms with Crippen LogP contribution >= 0.6 is 0 Å². The van der Waals surface area contributed by atoms with Crippen LogP contribution in [0, 0.1) is 11.2 Å². The Balaban J connectivity index is 1.87. The first-order valence-corrected chi connectivity index (χ1v) is 8.98. The average molecular weight is 364 g/mol. The Morgan fingerprint density at radius 1 is 1.46 bits per heavy atom. The van der Waals surface area contributed by atoms with Crippen LogP contribution in [0.3, 0.4) is 0 Å². The monoisotopic (exact) mass is 364 g/mol. The number of amides is 1. The highest BCUT2D eigenvalue weighted by Crippen LogP contribution is 2.20. The summed E-state index contributed by atoms with van der Waals surface area (Å²) in [5.41, 5.74) is -0.549. The van der Waals surface area contributed by atoms with Crippen molar-refractivity contribution in [3.05, 3.63) is 24.1 Å². The largest absolute Gasteiger partial charge is 0.356 e. The fourth-order valence-electron chi connectivity index (χ4n) is 2.85. The van der Waals surface area contributed by atoms with Gasteiger partial charge in [0, 0.05) is 45.5 Å². The number of rotatable bonds is 6. The number of aromatic nitrogens is 1. The zero-order valence-electron chi connectivity index (χ0n) is 16.0. The minimum absolute atomic E-state index is 0.000576. The van der Waals surface area contributed by atoms with Gasteiger partial charge in [-0.1, -0.05) is 0 Å². The highest BCUT2D eigenvalue weighted by molar-refractivity contribution is 5.84. The fourth-order valence-corrected chi connectivity index (χ4v) is 2.85. The van der Waals surface area contributed by atoms with E-state index in [-0.39, 0.29) is 17.8 Å². The summed E-state index contributed by atoms with van der Waals surface area (Å²) in [6, 6.07) is 3.15. The smallest absolute Gasteiger partial charge is 0.227 e. The van der Waals surface area contributed by atoms with Crippen molar-refractivity contribution in [1.82, 2.24) is 20.9 Å². The lowest BCUT2D eigenvalue weighted by Gasteiger charge is -2.26. The Hall–Kier alpha value is -2.38. The van der Waals surface area contributed by atoms with Crippen LogP contribution in [-0.2, 0) is 4.79 Å². The highest BCUT2D eigenvalue weighted by Gasteiger charge is 2.29. The van der Waals surface area contributed by atoms with Crippen molar-refractivity contribution >= 4 is 17.7 Å². The molecule has 1 aromatic rings. The van der Waals surface area contributed by atoms with Gasteiger partial charge in [0.2, 0.25) is 5.91 Å². The van der Waals surface area contributed by atoms with E-state index >= 15 is 0 Å². The molecule has 1 aliphatic rings. The van der Waals surface area contributed by atoms with E-state index in [0.717, 1.165) is 13.0 Å². The van der Waals surface area contributed by atoms with E-state index in [4.69, 9.17) is 0 Å². The van der Waals surface area contributed by atoms with Crippen molar-refractivity contribution in [1.29, 1.82) is 0 Å². The van der Waals surface area contributed by atoms with Gasteiger partial charge in [-0.3, -0.25) is 9.79 Å². The van der Waals surface area contributed by atoms with Gasteiger partial charge >= 0.3 is 0 Å². The van der Waals surface area contributed by atoms with E-state index in [1.54, 1.807) is 19.3 Å². The number of halogens is 1. The molecule has 8 heteroatoms. The van der Waals surface area contributed by atoms with Gasteiger partial charge in [-0.2, -0.15) is 0 Å². The first-order valence-electron chi connectivity index (χ1n) is 8.98. The zero-order valence-corrected chi connectivity index (χ0v) is 16.0. The lowest BCUT2D eigenvalue weighted by molar-refractivity contribution is -0.128. The summed E-state index contributed by atoms with van der Waals surface area (Å²) in [6.07, 6.45) is 2.46. The van der Waals surface area contributed by atoms with Crippen LogP contribution in [0.1, 0.15) is 27.2 Å². The number of hydrogen-bond acceptors (Lipinski definition) is 4. The second-order valence-electron chi connectivity index (χ2n) is 7.05. The Morgan fingerprint density at radius 2 is 2.23 bits per heavy atom. The molecule has 2 rings (SSSR count). The molecule has 0 radical (unpaired) electrons. The Morgan fingerprint density at radius 3 is 2.88 bits per heavy atom. The average Bonchev–Trinajstić information content (AvgIpc) is 3.07. The Bertz CT molecular complexity index is 648. The van der Waals surface area contributed by atoms with Crippen molar-refractivity contribution in [3.63, 3.8) is 0 Å². The second kappa shape index (κ2) is 8.82. The van der Waals surface area contributed by atoms with Crippen LogP contribution in [0.5, 0.6) is 0 Å². The van der Waals surface area contributed by atoms with E-state index in [2.05, 4.69) is 25.9 Å². The molecule has 1 aromatic heterocycles. The van der Waals surface area contributed by atoms with Crippen LogP contribution in [0.4, 0.5) is 10.2 Å². The summed E-state index contributed by atoms with van der Waals surface area (Å²) in [5.74, 6) is 0.716. The Labute approximate surface area is 154 Å². The number of guanidine groups is 1. The molecular weight excluding hydrogens is 335 g/mol. The number of aliphatic imine (C=N–C) groups is 1. The number of pyridine rings is 1. The molecule has 1 amide bonds. The van der Waals surface area contributed by atoms with Crippen LogP contribution < -0.4 is 20.9 Å². The zero-order chi connectivity index (χ0) is 19.2. The molecule has 1 saturated heterocycles. The van der Waals surface area contributed by atoms with Gasteiger partial charge < -0.3 is 20.9 Å². The van der Waals surface area contributed by atoms with Crippen LogP contribution in [0.15, 0.2) is 23.3 Å². The SMILES string of the molecule is CCNC(=O)C(C)(C)CNC(=NC)NC1CCN(c2ncccc2F)C1. The molecule has 0 aliphatic carbocycles. The maximum atomic E-state index is 13.9. The topological polar surface area (TPSA) is 81.6 Å². The molecule has 1 fully saturated rings. The van der Waals surface area contributed by atoms with Gasteiger partial charge in [0.15, 0.2) is 17.6 Å². The first-order chi connectivity index (χ1) is 12.4. The molecule has 0 bridgehead atoms. The van der Waals surface area contributed by atoms with E-state index in [1.807, 2.05) is 25.7 Å². The van der Waals surface area contributed by atoms with Crippen molar-refractivity contribution in [3.8, 4) is 0 Å². The van der Waals surface area contributed by atoms with E-state index < -0.39 is 5.41 Å². The summed E-state index contributed by atoms with van der Waals surface area (Å²) >= 11 is 0. The van der Waals surface area contributed by atoms with Gasteiger partial charge in [0.05, 0.1) is 5.41 Å². The maximum absolute atomic E-state index is 13.9. The molecule has 144 valence electrons. The molecule has 0 saturated carbocycles. The summed E-state index contributed by atoms with van der Waals surface area (Å²) in [6.45, 7) is 8.12. The lowest BCUT2D eigenvalue weighted by Crippen LogP contribution is -2.50. The predicted molar refractivity (Wildman–Crippen MR) is 102 cm³/mol. The number of nitrogens with zero attached hydrogens (tertiary/aromatic N) is 3. The molecule has 1 unspecified atom stereocenters. The third-order valence-corrected chi connectivity index (χ3v) is 4.44. The molecule has 7 nitrogen and oxygen atoms in total. The minimum Gasteiger partial charge on any atom is -0.356 e. The number of carbonyl (C=O) groups is 1. The molecule has 1 aliphatic heterocycles. The molecule has 26 heavy (non-hydrogen) atoms. The summed E-state index contributed by atoms with van der Waals surface area (Å²) in [4.78, 5) is 22.4. The van der Waals surface area contributed by atoms with Gasteiger partial charge in [-0.15, -0.1) is 0 Å². The number of nitrogens with one attached hydrogen (secondary N) is 3. The third-order valence-electron chi connectivity index (χ3n) is 4.44. The minimum atomic E-state index is -0.549. The number of carbonyl (C=O) groups excluding carboxylic acids is 1. The Kier molecular flexibility index (Phi) is 6.76. The van der Waals surface area contributed by atoms with Gasteiger partial charge in [-0.25, -0.2) is 9.37 Å². The van der Waals surface area contributed by atoms with Crippen molar-refractivity contribution in [2.75, 3.05) is 38.1 Å². The van der Waals surface area contributed by atoms with E-state index in [0.29, 0.717) is 31.4 Å². The van der Waals surface area contributed by atoms with Crippen LogP contribution in [0.25, 0.3) is 0 Å². The van der Waals surface area contributed by atoms with E-state index in [1.165, 1.54) is 6.07 Å². The molecule has 3 N–H and O–H groups in total. The molecule has 1 atom stereocenters. The first kappa shape index (κ1) is 19.9. The molecule has 2 heterocycles. The fraction of sp³-hybridized carbons (Fsp3) is 0.611. The second-order valence-corrected chi connectivity index (χ2v) is 7.05. The van der Waals surface area contributed by atoms with Gasteiger partial charge in [0.1, 0.15) is 0 Å². The van der Waals surface area contributed by atoms with Gasteiger partial charge in [0.25, 0.3) is 0 Å². The number of hydrogen-bond donors (Lipinski definition) is 3. The maximum Gasteiger partial charge on any atom is 0.227 e. The summed E-state index contributed by atoms with van der Waals surface area (Å²) in [5, 5.41) is 9.40. The van der Waals surface area contributed by atoms with Crippen LogP contribution in [-0.4, -0.2) is 56.1 Å².